The van der Waals surface area contributed by atoms with Gasteiger partial charge in [0.05, 0.1) is 12.7 Å². The fourth-order valence-corrected chi connectivity index (χ4v) is 3.57. The van der Waals surface area contributed by atoms with Crippen LogP contribution >= 0.6 is 11.3 Å². The molecule has 0 aliphatic carbocycles. The van der Waals surface area contributed by atoms with Crippen LogP contribution in [0, 0.1) is 13.8 Å². The molecule has 4 rings (SSSR count). The Balaban J connectivity index is 1.72. The molecule has 2 aromatic carbocycles. The maximum atomic E-state index is 12.5. The minimum absolute atomic E-state index is 0.377. The lowest BCUT2D eigenvalue weighted by molar-refractivity contribution is 0.407. The minimum Gasteiger partial charge on any atom is -0.493 e. The third-order valence-corrected chi connectivity index (χ3v) is 5.32. The van der Waals surface area contributed by atoms with E-state index in [9.17, 15) is 4.79 Å². The van der Waals surface area contributed by atoms with Gasteiger partial charge in [0.15, 0.2) is 16.3 Å². The largest absolute Gasteiger partial charge is 0.493 e. The molecule has 2 heterocycles. The van der Waals surface area contributed by atoms with Crippen LogP contribution in [0.1, 0.15) is 11.1 Å². The molecule has 0 fully saturated rings. The summed E-state index contributed by atoms with van der Waals surface area (Å²) >= 11 is 1.30. The standard InChI is InChI=1S/C20H17N3O3S/c1-11-6-4-8-15(12(11)2)21-20-23-22-18(27-20)14-10-13-7-5-9-16(25-3)17(13)26-19(14)24/h4-10H,1-3H3,(H,21,23). The quantitative estimate of drug-likeness (QED) is 0.519. The van der Waals surface area contributed by atoms with Crippen molar-refractivity contribution in [3.8, 4) is 16.3 Å². The molecule has 2 aromatic heterocycles. The zero-order chi connectivity index (χ0) is 19.0. The van der Waals surface area contributed by atoms with Gasteiger partial charge in [-0.2, -0.15) is 0 Å². The van der Waals surface area contributed by atoms with Crippen LogP contribution in [0.5, 0.6) is 5.75 Å². The van der Waals surface area contributed by atoms with E-state index in [1.165, 1.54) is 16.9 Å². The molecule has 0 radical (unpaired) electrons. The van der Waals surface area contributed by atoms with E-state index >= 15 is 0 Å². The maximum absolute atomic E-state index is 12.5. The third kappa shape index (κ3) is 3.17. The summed E-state index contributed by atoms with van der Waals surface area (Å²) in [5, 5.41) is 13.5. The maximum Gasteiger partial charge on any atom is 0.346 e. The van der Waals surface area contributed by atoms with Crippen molar-refractivity contribution in [2.75, 3.05) is 12.4 Å². The zero-order valence-corrected chi connectivity index (χ0v) is 15.9. The van der Waals surface area contributed by atoms with E-state index in [0.717, 1.165) is 16.6 Å². The first-order valence-electron chi connectivity index (χ1n) is 8.35. The van der Waals surface area contributed by atoms with Crippen molar-refractivity contribution in [1.29, 1.82) is 0 Å². The molecule has 0 unspecified atom stereocenters. The first kappa shape index (κ1) is 17.2. The molecule has 0 aliphatic rings. The van der Waals surface area contributed by atoms with Crippen LogP contribution in [-0.4, -0.2) is 17.3 Å². The summed E-state index contributed by atoms with van der Waals surface area (Å²) in [5.74, 6) is 0.519. The number of para-hydroxylation sites is 1. The SMILES string of the molecule is COc1cccc2cc(-c3nnc(Nc4cccc(C)c4C)s3)c(=O)oc12. The summed E-state index contributed by atoms with van der Waals surface area (Å²) in [6.07, 6.45) is 0. The van der Waals surface area contributed by atoms with Crippen molar-refractivity contribution >= 4 is 33.1 Å². The molecule has 0 amide bonds. The molecule has 0 aliphatic heterocycles. The Bertz CT molecular complexity index is 1200. The number of nitrogens with one attached hydrogen (secondary N) is 1. The minimum atomic E-state index is -0.471. The summed E-state index contributed by atoms with van der Waals surface area (Å²) in [6, 6.07) is 13.2. The highest BCUT2D eigenvalue weighted by molar-refractivity contribution is 7.18. The number of anilines is 2. The Morgan fingerprint density at radius 3 is 2.74 bits per heavy atom. The predicted octanol–water partition coefficient (Wildman–Crippen LogP) is 4.68. The normalized spacial score (nSPS) is 10.9. The van der Waals surface area contributed by atoms with Crippen molar-refractivity contribution in [2.24, 2.45) is 0 Å². The van der Waals surface area contributed by atoms with E-state index in [2.05, 4.69) is 28.5 Å². The first-order valence-corrected chi connectivity index (χ1v) is 9.16. The Morgan fingerprint density at radius 1 is 1.11 bits per heavy atom. The number of hydrogen-bond donors (Lipinski definition) is 1. The lowest BCUT2D eigenvalue weighted by Gasteiger charge is -2.08. The molecule has 0 saturated heterocycles. The lowest BCUT2D eigenvalue weighted by atomic mass is 10.1. The van der Waals surface area contributed by atoms with Gasteiger partial charge in [-0.05, 0) is 43.2 Å². The van der Waals surface area contributed by atoms with Crippen LogP contribution in [0.15, 0.2) is 51.7 Å². The molecule has 0 spiro atoms. The monoisotopic (exact) mass is 379 g/mol. The van der Waals surface area contributed by atoms with E-state index in [4.69, 9.17) is 9.15 Å². The topological polar surface area (TPSA) is 77.3 Å². The van der Waals surface area contributed by atoms with E-state index in [0.29, 0.717) is 27.0 Å². The number of fused-ring (bicyclic) bond motifs is 1. The first-order chi connectivity index (χ1) is 13.1. The van der Waals surface area contributed by atoms with E-state index in [1.807, 2.05) is 31.2 Å². The van der Waals surface area contributed by atoms with Crippen molar-refractivity contribution in [2.45, 2.75) is 13.8 Å². The zero-order valence-electron chi connectivity index (χ0n) is 15.1. The molecule has 136 valence electrons. The smallest absolute Gasteiger partial charge is 0.346 e. The highest BCUT2D eigenvalue weighted by atomic mass is 32.1. The predicted molar refractivity (Wildman–Crippen MR) is 107 cm³/mol. The van der Waals surface area contributed by atoms with Crippen LogP contribution in [-0.2, 0) is 0 Å². The molecule has 0 saturated carbocycles. The number of rotatable bonds is 4. The van der Waals surface area contributed by atoms with Gasteiger partial charge in [0.1, 0.15) is 0 Å². The molecule has 6 nitrogen and oxygen atoms in total. The van der Waals surface area contributed by atoms with Crippen molar-refractivity contribution in [1.82, 2.24) is 10.2 Å². The van der Waals surface area contributed by atoms with Gasteiger partial charge in [-0.1, -0.05) is 35.6 Å². The molecular formula is C20H17N3O3S. The van der Waals surface area contributed by atoms with Gasteiger partial charge in [-0.15, -0.1) is 10.2 Å². The molecule has 0 bridgehead atoms. The summed E-state index contributed by atoms with van der Waals surface area (Å²) in [5.41, 5.74) is 3.63. The number of ether oxygens (including phenoxy) is 1. The van der Waals surface area contributed by atoms with Crippen LogP contribution in [0.2, 0.25) is 0 Å². The molecule has 0 atom stereocenters. The van der Waals surface area contributed by atoms with E-state index < -0.39 is 5.63 Å². The van der Waals surface area contributed by atoms with Crippen molar-refractivity contribution in [3.63, 3.8) is 0 Å². The highest BCUT2D eigenvalue weighted by Crippen LogP contribution is 2.31. The second-order valence-electron chi connectivity index (χ2n) is 6.11. The van der Waals surface area contributed by atoms with Crippen LogP contribution in [0.4, 0.5) is 10.8 Å². The van der Waals surface area contributed by atoms with E-state index in [1.54, 1.807) is 19.2 Å². The van der Waals surface area contributed by atoms with Gasteiger partial charge in [-0.25, -0.2) is 4.79 Å². The number of nitrogens with zero attached hydrogens (tertiary/aromatic N) is 2. The summed E-state index contributed by atoms with van der Waals surface area (Å²) in [6.45, 7) is 4.10. The van der Waals surface area contributed by atoms with E-state index in [-0.39, 0.29) is 0 Å². The fraction of sp³-hybridized carbons (Fsp3) is 0.150. The van der Waals surface area contributed by atoms with Crippen LogP contribution in [0.25, 0.3) is 21.5 Å². The van der Waals surface area contributed by atoms with Crippen molar-refractivity contribution in [3.05, 3.63) is 64.0 Å². The molecule has 7 heteroatoms. The molecule has 27 heavy (non-hydrogen) atoms. The number of aryl methyl sites for hydroxylation is 1. The Labute approximate surface area is 159 Å². The van der Waals surface area contributed by atoms with Gasteiger partial charge in [0.2, 0.25) is 5.13 Å². The highest BCUT2D eigenvalue weighted by Gasteiger charge is 2.15. The van der Waals surface area contributed by atoms with Gasteiger partial charge < -0.3 is 14.5 Å². The van der Waals surface area contributed by atoms with Gasteiger partial charge in [-0.3, -0.25) is 0 Å². The van der Waals surface area contributed by atoms with Crippen molar-refractivity contribution < 1.29 is 9.15 Å². The van der Waals surface area contributed by atoms with Gasteiger partial charge in [0.25, 0.3) is 0 Å². The van der Waals surface area contributed by atoms with Gasteiger partial charge >= 0.3 is 5.63 Å². The fourth-order valence-electron chi connectivity index (χ4n) is 2.81. The molecular weight excluding hydrogens is 362 g/mol. The molecule has 4 aromatic rings. The summed E-state index contributed by atoms with van der Waals surface area (Å²) in [4.78, 5) is 12.5. The number of benzene rings is 2. The summed E-state index contributed by atoms with van der Waals surface area (Å²) < 4.78 is 10.7. The number of aromatic nitrogens is 2. The number of hydrogen-bond acceptors (Lipinski definition) is 7. The molecule has 1 N–H and O–H groups in total. The third-order valence-electron chi connectivity index (χ3n) is 4.45. The van der Waals surface area contributed by atoms with Crippen LogP contribution < -0.4 is 15.7 Å². The Hall–Kier alpha value is -3.19. The average molecular weight is 379 g/mol. The van der Waals surface area contributed by atoms with Gasteiger partial charge in [0, 0.05) is 11.1 Å². The Kier molecular flexibility index (Phi) is 4.37. The summed E-state index contributed by atoms with van der Waals surface area (Å²) in [7, 11) is 1.54. The number of methoxy groups -OCH3 is 1. The lowest BCUT2D eigenvalue weighted by Crippen LogP contribution is -2.03. The average Bonchev–Trinajstić information content (AvgIpc) is 3.13. The second kappa shape index (κ2) is 6.85. The Morgan fingerprint density at radius 2 is 1.93 bits per heavy atom. The van der Waals surface area contributed by atoms with Crippen LogP contribution in [0.3, 0.4) is 0 Å². The second-order valence-corrected chi connectivity index (χ2v) is 7.09.